The standard InChI is InChI=1S/C21H24NS/c1-5-18-19(6-2)23-14-22(18)21-16(4)13-12-15(3)20(21)17-10-8-7-9-11-17/h7-14H,5-6H2,1-4H3/q+1. The van der Waals surface area contributed by atoms with Gasteiger partial charge in [0.1, 0.15) is 0 Å². The minimum atomic E-state index is 1.06. The summed E-state index contributed by atoms with van der Waals surface area (Å²) in [5, 5.41) is 0. The van der Waals surface area contributed by atoms with Crippen LogP contribution in [-0.4, -0.2) is 0 Å². The van der Waals surface area contributed by atoms with Gasteiger partial charge in [-0.25, -0.2) is 0 Å². The van der Waals surface area contributed by atoms with E-state index in [1.54, 1.807) is 0 Å². The van der Waals surface area contributed by atoms with E-state index in [1.165, 1.54) is 38.5 Å². The van der Waals surface area contributed by atoms with Crippen molar-refractivity contribution in [2.75, 3.05) is 0 Å². The summed E-state index contributed by atoms with van der Waals surface area (Å²) in [6.45, 7) is 8.93. The lowest BCUT2D eigenvalue weighted by atomic mass is 9.95. The van der Waals surface area contributed by atoms with Crippen molar-refractivity contribution in [1.82, 2.24) is 0 Å². The maximum absolute atomic E-state index is 2.42. The highest BCUT2D eigenvalue weighted by atomic mass is 32.1. The van der Waals surface area contributed by atoms with E-state index < -0.39 is 0 Å². The quantitative estimate of drug-likeness (QED) is 0.564. The molecule has 1 aromatic heterocycles. The normalized spacial score (nSPS) is 11.0. The van der Waals surface area contributed by atoms with Crippen LogP contribution in [0.15, 0.2) is 48.0 Å². The van der Waals surface area contributed by atoms with Crippen molar-refractivity contribution in [3.05, 3.63) is 69.7 Å². The third-order valence-corrected chi connectivity index (χ3v) is 5.59. The van der Waals surface area contributed by atoms with Crippen molar-refractivity contribution < 1.29 is 4.57 Å². The Morgan fingerprint density at radius 1 is 0.870 bits per heavy atom. The highest BCUT2D eigenvalue weighted by Crippen LogP contribution is 2.31. The van der Waals surface area contributed by atoms with Crippen LogP contribution in [-0.2, 0) is 12.8 Å². The number of hydrogen-bond acceptors (Lipinski definition) is 1. The Morgan fingerprint density at radius 2 is 1.57 bits per heavy atom. The van der Waals surface area contributed by atoms with Gasteiger partial charge in [0.25, 0.3) is 0 Å². The van der Waals surface area contributed by atoms with E-state index in [2.05, 4.69) is 80.2 Å². The van der Waals surface area contributed by atoms with Gasteiger partial charge in [0.2, 0.25) is 16.9 Å². The van der Waals surface area contributed by atoms with Crippen molar-refractivity contribution in [1.29, 1.82) is 0 Å². The summed E-state index contributed by atoms with van der Waals surface area (Å²) in [4.78, 5) is 1.49. The van der Waals surface area contributed by atoms with E-state index in [-0.39, 0.29) is 0 Å². The summed E-state index contributed by atoms with van der Waals surface area (Å²) < 4.78 is 2.42. The number of rotatable bonds is 4. The summed E-state index contributed by atoms with van der Waals surface area (Å²) in [5.74, 6) is 0. The van der Waals surface area contributed by atoms with Gasteiger partial charge in [0.15, 0.2) is 0 Å². The molecule has 0 saturated carbocycles. The van der Waals surface area contributed by atoms with Crippen molar-refractivity contribution >= 4 is 11.3 Å². The maximum atomic E-state index is 2.42. The molecule has 0 aliphatic heterocycles. The van der Waals surface area contributed by atoms with Crippen molar-refractivity contribution in [3.63, 3.8) is 0 Å². The van der Waals surface area contributed by atoms with Crippen LogP contribution in [0.5, 0.6) is 0 Å². The molecule has 0 saturated heterocycles. The molecule has 0 N–H and O–H groups in total. The first-order valence-corrected chi connectivity index (χ1v) is 9.22. The first-order chi connectivity index (χ1) is 11.2. The molecule has 0 fully saturated rings. The smallest absolute Gasteiger partial charge is 0.153 e. The Hall–Kier alpha value is -1.93. The first kappa shape index (κ1) is 15.9. The molecule has 0 aliphatic rings. The minimum Gasteiger partial charge on any atom is -0.153 e. The van der Waals surface area contributed by atoms with Crippen LogP contribution in [0.1, 0.15) is 35.5 Å². The topological polar surface area (TPSA) is 3.88 Å². The maximum Gasteiger partial charge on any atom is 0.231 e. The fourth-order valence-electron chi connectivity index (χ4n) is 3.30. The van der Waals surface area contributed by atoms with Gasteiger partial charge < -0.3 is 0 Å². The van der Waals surface area contributed by atoms with Gasteiger partial charge in [-0.3, -0.25) is 0 Å². The van der Waals surface area contributed by atoms with Crippen LogP contribution in [0.4, 0.5) is 0 Å². The van der Waals surface area contributed by atoms with Crippen LogP contribution < -0.4 is 4.57 Å². The summed E-state index contributed by atoms with van der Waals surface area (Å²) >= 11 is 1.88. The fourth-order valence-corrected chi connectivity index (χ4v) is 4.31. The largest absolute Gasteiger partial charge is 0.231 e. The second-order valence-electron chi connectivity index (χ2n) is 5.96. The number of aromatic nitrogens is 1. The number of hydrogen-bond donors (Lipinski definition) is 0. The summed E-state index contributed by atoms with van der Waals surface area (Å²) in [7, 11) is 0. The zero-order valence-corrected chi connectivity index (χ0v) is 15.2. The van der Waals surface area contributed by atoms with Crippen LogP contribution in [0.3, 0.4) is 0 Å². The van der Waals surface area contributed by atoms with E-state index in [0.29, 0.717) is 0 Å². The molecule has 2 heteroatoms. The SMILES string of the molecule is CCc1sc[n+](-c2c(C)ccc(C)c2-c2ccccc2)c1CC. The summed E-state index contributed by atoms with van der Waals surface area (Å²) in [6, 6.07) is 15.2. The van der Waals surface area contributed by atoms with Crippen molar-refractivity contribution in [2.24, 2.45) is 0 Å². The first-order valence-electron chi connectivity index (χ1n) is 8.34. The average Bonchev–Trinajstić information content (AvgIpc) is 3.00. The Morgan fingerprint density at radius 3 is 2.22 bits per heavy atom. The lowest BCUT2D eigenvalue weighted by molar-refractivity contribution is -0.598. The van der Waals surface area contributed by atoms with E-state index in [0.717, 1.165) is 12.8 Å². The molecule has 0 atom stereocenters. The zero-order valence-electron chi connectivity index (χ0n) is 14.4. The van der Waals surface area contributed by atoms with Crippen LogP contribution in [0, 0.1) is 13.8 Å². The number of thiazole rings is 1. The predicted octanol–water partition coefficient (Wildman–Crippen LogP) is 5.43. The summed E-state index contributed by atoms with van der Waals surface area (Å²) in [5.41, 5.74) is 10.4. The summed E-state index contributed by atoms with van der Waals surface area (Å²) in [6.07, 6.45) is 2.17. The van der Waals surface area contributed by atoms with Crippen molar-refractivity contribution in [3.8, 4) is 16.8 Å². The molecule has 23 heavy (non-hydrogen) atoms. The van der Waals surface area contributed by atoms with E-state index in [4.69, 9.17) is 0 Å². The molecule has 2 aromatic carbocycles. The van der Waals surface area contributed by atoms with Crippen LogP contribution in [0.25, 0.3) is 16.8 Å². The predicted molar refractivity (Wildman–Crippen MR) is 99.5 cm³/mol. The Kier molecular flexibility index (Phi) is 4.63. The fraction of sp³-hybridized carbons (Fsp3) is 0.286. The lowest BCUT2D eigenvalue weighted by Gasteiger charge is -2.11. The molecule has 0 radical (unpaired) electrons. The molecule has 0 amide bonds. The molecule has 118 valence electrons. The van der Waals surface area contributed by atoms with Gasteiger partial charge in [0, 0.05) is 12.0 Å². The number of aryl methyl sites for hydroxylation is 3. The van der Waals surface area contributed by atoms with Gasteiger partial charge in [0.05, 0.1) is 10.4 Å². The third-order valence-electron chi connectivity index (χ3n) is 4.46. The van der Waals surface area contributed by atoms with E-state index >= 15 is 0 Å². The van der Waals surface area contributed by atoms with Gasteiger partial charge >= 0.3 is 0 Å². The second-order valence-corrected chi connectivity index (χ2v) is 6.90. The molecular formula is C21H24NS+. The van der Waals surface area contributed by atoms with Gasteiger partial charge in [-0.15, -0.1) is 0 Å². The Labute approximate surface area is 143 Å². The molecule has 1 nitrogen and oxygen atoms in total. The molecule has 0 bridgehead atoms. The molecule has 3 rings (SSSR count). The lowest BCUT2D eigenvalue weighted by Crippen LogP contribution is -2.35. The second kappa shape index (κ2) is 6.67. The Balaban J connectivity index is 2.32. The highest BCUT2D eigenvalue weighted by Gasteiger charge is 2.25. The molecule has 0 unspecified atom stereocenters. The van der Waals surface area contributed by atoms with Crippen LogP contribution in [0.2, 0.25) is 0 Å². The molecule has 3 aromatic rings. The Bertz CT molecular complexity index is 815. The minimum absolute atomic E-state index is 1.06. The molecule has 0 spiro atoms. The van der Waals surface area contributed by atoms with Gasteiger partial charge in [-0.05, 0) is 31.4 Å². The molecule has 1 heterocycles. The van der Waals surface area contributed by atoms with Crippen LogP contribution >= 0.6 is 11.3 Å². The average molecular weight is 322 g/mol. The van der Waals surface area contributed by atoms with Crippen molar-refractivity contribution in [2.45, 2.75) is 40.5 Å². The van der Waals surface area contributed by atoms with E-state index in [1.807, 2.05) is 11.3 Å². The molecular weight excluding hydrogens is 298 g/mol. The highest BCUT2D eigenvalue weighted by molar-refractivity contribution is 7.09. The van der Waals surface area contributed by atoms with Gasteiger partial charge in [-0.1, -0.05) is 67.6 Å². The number of nitrogens with zero attached hydrogens (tertiary/aromatic N) is 1. The molecule has 0 aliphatic carbocycles. The van der Waals surface area contributed by atoms with E-state index in [9.17, 15) is 0 Å². The monoisotopic (exact) mass is 322 g/mol. The number of benzene rings is 2. The van der Waals surface area contributed by atoms with Gasteiger partial charge in [-0.2, -0.15) is 4.57 Å². The zero-order chi connectivity index (χ0) is 16.4. The third kappa shape index (κ3) is 2.84.